The van der Waals surface area contributed by atoms with Gasteiger partial charge < -0.3 is 9.73 Å². The Bertz CT molecular complexity index is 716. The molecule has 2 aromatic heterocycles. The lowest BCUT2D eigenvalue weighted by molar-refractivity contribution is 0.446. The Morgan fingerprint density at radius 3 is 2.74 bits per heavy atom. The normalized spacial score (nSPS) is 13.0. The van der Waals surface area contributed by atoms with Crippen molar-refractivity contribution < 1.29 is 8.81 Å². The Morgan fingerprint density at radius 1 is 1.21 bits per heavy atom. The van der Waals surface area contributed by atoms with Crippen LogP contribution in [0.25, 0.3) is 10.1 Å². The topological polar surface area (TPSA) is 25.2 Å². The van der Waals surface area contributed by atoms with Gasteiger partial charge in [-0.25, -0.2) is 4.39 Å². The van der Waals surface area contributed by atoms with Gasteiger partial charge in [-0.05, 0) is 49.7 Å². The Kier molecular flexibility index (Phi) is 3.12. The van der Waals surface area contributed by atoms with Gasteiger partial charge in [-0.1, -0.05) is 6.07 Å². The molecule has 1 aromatic carbocycles. The molecular formula is C15H14FNOS. The van der Waals surface area contributed by atoms with Crippen LogP contribution in [0.2, 0.25) is 0 Å². The number of furan rings is 1. The van der Waals surface area contributed by atoms with Crippen molar-refractivity contribution in [3.8, 4) is 0 Å². The van der Waals surface area contributed by atoms with E-state index in [0.717, 1.165) is 26.5 Å². The van der Waals surface area contributed by atoms with E-state index in [4.69, 9.17) is 4.42 Å². The van der Waals surface area contributed by atoms with Gasteiger partial charge in [0.2, 0.25) is 0 Å². The van der Waals surface area contributed by atoms with Crippen molar-refractivity contribution in [2.45, 2.75) is 13.0 Å². The molecule has 0 aliphatic heterocycles. The highest BCUT2D eigenvalue weighted by Crippen LogP contribution is 2.33. The van der Waals surface area contributed by atoms with E-state index in [2.05, 4.69) is 11.4 Å². The molecule has 0 bridgehead atoms. The second-order valence-corrected chi connectivity index (χ2v) is 5.62. The van der Waals surface area contributed by atoms with Crippen molar-refractivity contribution in [2.24, 2.45) is 0 Å². The molecule has 0 aliphatic carbocycles. The first kappa shape index (κ1) is 12.4. The van der Waals surface area contributed by atoms with E-state index in [-0.39, 0.29) is 11.9 Å². The van der Waals surface area contributed by atoms with Gasteiger partial charge in [0.15, 0.2) is 0 Å². The summed E-state index contributed by atoms with van der Waals surface area (Å²) in [5.41, 5.74) is 0. The van der Waals surface area contributed by atoms with Gasteiger partial charge in [0.05, 0.1) is 0 Å². The Balaban J connectivity index is 2.06. The fourth-order valence-corrected chi connectivity index (χ4v) is 3.41. The van der Waals surface area contributed by atoms with Crippen molar-refractivity contribution >= 4 is 21.4 Å². The third-order valence-corrected chi connectivity index (χ3v) is 4.28. The number of rotatable bonds is 3. The van der Waals surface area contributed by atoms with E-state index < -0.39 is 0 Å². The van der Waals surface area contributed by atoms with Crippen molar-refractivity contribution in [3.05, 3.63) is 58.6 Å². The number of halogens is 1. The monoisotopic (exact) mass is 275 g/mol. The molecule has 1 atom stereocenters. The summed E-state index contributed by atoms with van der Waals surface area (Å²) in [6, 6.07) is 10.9. The molecule has 0 amide bonds. The molecule has 1 N–H and O–H groups in total. The number of thiophene rings is 1. The zero-order chi connectivity index (χ0) is 13.4. The van der Waals surface area contributed by atoms with E-state index in [9.17, 15) is 4.39 Å². The number of nitrogens with one attached hydrogen (secondary N) is 1. The molecule has 0 saturated carbocycles. The zero-order valence-corrected chi connectivity index (χ0v) is 11.6. The molecule has 0 saturated heterocycles. The zero-order valence-electron chi connectivity index (χ0n) is 10.7. The van der Waals surface area contributed by atoms with Crippen molar-refractivity contribution in [1.82, 2.24) is 5.32 Å². The number of fused-ring (bicyclic) bond motifs is 1. The van der Waals surface area contributed by atoms with Crippen LogP contribution in [-0.2, 0) is 0 Å². The van der Waals surface area contributed by atoms with E-state index in [1.165, 1.54) is 6.07 Å². The van der Waals surface area contributed by atoms with Crippen LogP contribution in [0.15, 0.2) is 40.8 Å². The maximum Gasteiger partial charge on any atom is 0.126 e. The van der Waals surface area contributed by atoms with E-state index in [0.29, 0.717) is 0 Å². The molecule has 0 aliphatic rings. The third-order valence-electron chi connectivity index (χ3n) is 3.12. The molecule has 98 valence electrons. The summed E-state index contributed by atoms with van der Waals surface area (Å²) in [6.45, 7) is 1.93. The van der Waals surface area contributed by atoms with Gasteiger partial charge in [0, 0.05) is 9.58 Å². The summed E-state index contributed by atoms with van der Waals surface area (Å²) in [7, 11) is 1.90. The predicted molar refractivity (Wildman–Crippen MR) is 76.1 cm³/mol. The molecule has 19 heavy (non-hydrogen) atoms. The lowest BCUT2D eigenvalue weighted by Gasteiger charge is -2.11. The molecule has 3 aromatic rings. The third kappa shape index (κ3) is 2.29. The van der Waals surface area contributed by atoms with Gasteiger partial charge in [-0.15, -0.1) is 11.3 Å². The number of hydrogen-bond acceptors (Lipinski definition) is 3. The summed E-state index contributed by atoms with van der Waals surface area (Å²) in [4.78, 5) is 1.12. The second kappa shape index (κ2) is 4.79. The predicted octanol–water partition coefficient (Wildman–Crippen LogP) is 4.25. The van der Waals surface area contributed by atoms with Gasteiger partial charge in [0.1, 0.15) is 23.4 Å². The molecule has 2 nitrogen and oxygen atoms in total. The summed E-state index contributed by atoms with van der Waals surface area (Å²) in [5, 5.41) is 4.31. The second-order valence-electron chi connectivity index (χ2n) is 4.50. The van der Waals surface area contributed by atoms with Crippen LogP contribution >= 0.6 is 11.3 Å². The minimum Gasteiger partial charge on any atom is -0.464 e. The lowest BCUT2D eigenvalue weighted by Crippen LogP contribution is -2.15. The molecule has 4 heteroatoms. The molecule has 2 heterocycles. The SMILES string of the molecule is CNC(c1ccc(C)o1)c1cc2ccc(F)cc2s1. The van der Waals surface area contributed by atoms with Crippen LogP contribution < -0.4 is 5.32 Å². The van der Waals surface area contributed by atoms with Gasteiger partial charge in [0.25, 0.3) is 0 Å². The van der Waals surface area contributed by atoms with Gasteiger partial charge >= 0.3 is 0 Å². The largest absolute Gasteiger partial charge is 0.464 e. The Morgan fingerprint density at radius 2 is 2.05 bits per heavy atom. The fraction of sp³-hybridized carbons (Fsp3) is 0.200. The van der Waals surface area contributed by atoms with Crippen LogP contribution in [0.3, 0.4) is 0 Å². The van der Waals surface area contributed by atoms with Crippen molar-refractivity contribution in [2.75, 3.05) is 7.05 Å². The maximum atomic E-state index is 13.2. The van der Waals surface area contributed by atoms with Gasteiger partial charge in [-0.3, -0.25) is 0 Å². The van der Waals surface area contributed by atoms with Crippen molar-refractivity contribution in [1.29, 1.82) is 0 Å². The number of benzene rings is 1. The molecule has 0 radical (unpaired) electrons. The highest BCUT2D eigenvalue weighted by molar-refractivity contribution is 7.19. The average molecular weight is 275 g/mol. The minimum absolute atomic E-state index is 0.00848. The molecular weight excluding hydrogens is 261 g/mol. The Hall–Kier alpha value is -1.65. The van der Waals surface area contributed by atoms with Crippen LogP contribution in [0.1, 0.15) is 22.4 Å². The average Bonchev–Trinajstić information content (AvgIpc) is 2.96. The summed E-state index contributed by atoms with van der Waals surface area (Å²) in [6.07, 6.45) is 0. The molecule has 0 fully saturated rings. The molecule has 1 unspecified atom stereocenters. The summed E-state index contributed by atoms with van der Waals surface area (Å²) in [5.74, 6) is 1.57. The van der Waals surface area contributed by atoms with Crippen molar-refractivity contribution in [3.63, 3.8) is 0 Å². The highest BCUT2D eigenvalue weighted by Gasteiger charge is 2.18. The number of aryl methyl sites for hydroxylation is 1. The van der Waals surface area contributed by atoms with Crippen LogP contribution in [0.4, 0.5) is 4.39 Å². The highest BCUT2D eigenvalue weighted by atomic mass is 32.1. The van der Waals surface area contributed by atoms with Gasteiger partial charge in [-0.2, -0.15) is 0 Å². The Labute approximate surface area is 114 Å². The maximum absolute atomic E-state index is 13.2. The van der Waals surface area contributed by atoms with E-state index in [1.54, 1.807) is 17.4 Å². The fourth-order valence-electron chi connectivity index (χ4n) is 2.20. The lowest BCUT2D eigenvalue weighted by atomic mass is 10.1. The first-order valence-corrected chi connectivity index (χ1v) is 6.91. The minimum atomic E-state index is -0.198. The molecule has 0 spiro atoms. The van der Waals surface area contributed by atoms with Crippen LogP contribution in [0, 0.1) is 12.7 Å². The van der Waals surface area contributed by atoms with Crippen LogP contribution in [-0.4, -0.2) is 7.05 Å². The molecule has 3 rings (SSSR count). The van der Waals surface area contributed by atoms with E-state index in [1.807, 2.05) is 32.2 Å². The van der Waals surface area contributed by atoms with E-state index >= 15 is 0 Å². The number of hydrogen-bond donors (Lipinski definition) is 1. The smallest absolute Gasteiger partial charge is 0.126 e. The first-order valence-electron chi connectivity index (χ1n) is 6.10. The van der Waals surface area contributed by atoms with Crippen LogP contribution in [0.5, 0.6) is 0 Å². The quantitative estimate of drug-likeness (QED) is 0.773. The first-order chi connectivity index (χ1) is 9.17. The summed E-state index contributed by atoms with van der Waals surface area (Å²) < 4.78 is 19.9. The summed E-state index contributed by atoms with van der Waals surface area (Å²) >= 11 is 1.59. The standard InChI is InChI=1S/C15H14FNOS/c1-9-3-6-12(18-9)15(17-2)14-7-10-4-5-11(16)8-13(10)19-14/h3-8,15,17H,1-2H3.